The maximum absolute atomic E-state index is 6.25. The number of hydrogen-bond donors (Lipinski definition) is 0. The number of hydrogen-bond acceptors (Lipinski definition) is 1. The van der Waals surface area contributed by atoms with E-state index in [9.17, 15) is 0 Å². The number of fused-ring (bicyclic) bond motifs is 1. The molecular weight excluding hydrogens is 348 g/mol. The van der Waals surface area contributed by atoms with E-state index in [0.29, 0.717) is 15.8 Å². The first-order valence-corrected chi connectivity index (χ1v) is 9.01. The van der Waals surface area contributed by atoms with Gasteiger partial charge in [-0.2, -0.15) is 0 Å². The number of rotatable bonds is 2. The first-order valence-electron chi connectivity index (χ1n) is 7.72. The normalized spacial score (nSPS) is 27.2. The zero-order valence-electron chi connectivity index (χ0n) is 12.8. The Balaban J connectivity index is 1.97. The number of alkyl halides is 1. The highest BCUT2D eigenvalue weighted by Crippen LogP contribution is 2.46. The molecule has 3 atom stereocenters. The molecule has 1 aliphatic carbocycles. The van der Waals surface area contributed by atoms with Crippen LogP contribution in [0.5, 0.6) is 0 Å². The fourth-order valence-electron chi connectivity index (χ4n) is 3.65. The summed E-state index contributed by atoms with van der Waals surface area (Å²) in [4.78, 5) is 0.555. The van der Waals surface area contributed by atoms with Gasteiger partial charge in [-0.3, -0.25) is 0 Å². The molecule has 114 valence electrons. The van der Waals surface area contributed by atoms with Gasteiger partial charge >= 0.3 is 0 Å². The largest absolute Gasteiger partial charge is 0.459 e. The first kappa shape index (κ1) is 15.4. The Kier molecular flexibility index (Phi) is 4.13. The van der Waals surface area contributed by atoms with Gasteiger partial charge in [0.2, 0.25) is 0 Å². The molecule has 0 amide bonds. The van der Waals surface area contributed by atoms with Crippen LogP contribution in [0.25, 0.3) is 11.0 Å². The Morgan fingerprint density at radius 2 is 2.05 bits per heavy atom. The third-order valence-corrected chi connectivity index (χ3v) is 6.40. The molecule has 1 aromatic heterocycles. The van der Waals surface area contributed by atoms with Crippen LogP contribution < -0.4 is 0 Å². The lowest BCUT2D eigenvalue weighted by molar-refractivity contribution is 0.192. The molecule has 0 radical (unpaired) electrons. The molecule has 0 saturated heterocycles. The Hall–Kier alpha value is -0.470. The van der Waals surface area contributed by atoms with Crippen molar-refractivity contribution in [2.24, 2.45) is 11.8 Å². The summed E-state index contributed by atoms with van der Waals surface area (Å²) in [7, 11) is 0. The van der Waals surface area contributed by atoms with Crippen molar-refractivity contribution in [1.29, 1.82) is 0 Å². The SMILES string of the molecule is CC1CCC(C(C)(C)c2cc3cccc(Cl)c3o2)C(Br)C1. The summed E-state index contributed by atoms with van der Waals surface area (Å²) >= 11 is 10.2. The molecular formula is C18H22BrClO. The zero-order valence-corrected chi connectivity index (χ0v) is 15.2. The van der Waals surface area contributed by atoms with Crippen molar-refractivity contribution in [2.45, 2.75) is 50.3 Å². The van der Waals surface area contributed by atoms with Gasteiger partial charge in [0.05, 0.1) is 5.02 Å². The van der Waals surface area contributed by atoms with Crippen LogP contribution >= 0.6 is 27.5 Å². The van der Waals surface area contributed by atoms with E-state index < -0.39 is 0 Å². The molecule has 1 aromatic carbocycles. The second kappa shape index (κ2) is 5.62. The van der Waals surface area contributed by atoms with Crippen LogP contribution in [0.1, 0.15) is 45.8 Å². The lowest BCUT2D eigenvalue weighted by Gasteiger charge is -2.40. The van der Waals surface area contributed by atoms with E-state index in [1.165, 1.54) is 19.3 Å². The lowest BCUT2D eigenvalue weighted by Crippen LogP contribution is -2.38. The molecule has 0 aliphatic heterocycles. The quantitative estimate of drug-likeness (QED) is 0.546. The van der Waals surface area contributed by atoms with Crippen LogP contribution in [0.2, 0.25) is 5.02 Å². The Bertz CT molecular complexity index is 646. The minimum atomic E-state index is 0.0106. The summed E-state index contributed by atoms with van der Waals surface area (Å²) in [6.07, 6.45) is 3.79. The van der Waals surface area contributed by atoms with Crippen molar-refractivity contribution < 1.29 is 4.42 Å². The Morgan fingerprint density at radius 3 is 2.71 bits per heavy atom. The summed E-state index contributed by atoms with van der Waals surface area (Å²) < 4.78 is 6.14. The minimum Gasteiger partial charge on any atom is -0.459 e. The first-order chi connectivity index (χ1) is 9.89. The van der Waals surface area contributed by atoms with Gasteiger partial charge in [-0.05, 0) is 36.8 Å². The molecule has 3 unspecified atom stereocenters. The third kappa shape index (κ3) is 2.77. The van der Waals surface area contributed by atoms with Gasteiger partial charge in [-0.1, -0.05) is 66.9 Å². The van der Waals surface area contributed by atoms with Gasteiger partial charge in [-0.15, -0.1) is 0 Å². The van der Waals surface area contributed by atoms with E-state index >= 15 is 0 Å². The minimum absolute atomic E-state index is 0.0106. The van der Waals surface area contributed by atoms with Crippen LogP contribution in [-0.2, 0) is 5.41 Å². The molecule has 3 heteroatoms. The number of furan rings is 1. The number of para-hydroxylation sites is 1. The highest BCUT2D eigenvalue weighted by atomic mass is 79.9. The topological polar surface area (TPSA) is 13.1 Å². The van der Waals surface area contributed by atoms with Gasteiger partial charge in [0.1, 0.15) is 5.76 Å². The van der Waals surface area contributed by atoms with E-state index in [-0.39, 0.29) is 5.41 Å². The predicted octanol–water partition coefficient (Wildman–Crippen LogP) is 6.56. The fraction of sp³-hybridized carbons (Fsp3) is 0.556. The van der Waals surface area contributed by atoms with Crippen molar-refractivity contribution in [3.05, 3.63) is 35.0 Å². The maximum Gasteiger partial charge on any atom is 0.152 e. The van der Waals surface area contributed by atoms with Crippen LogP contribution in [0.4, 0.5) is 0 Å². The highest BCUT2D eigenvalue weighted by molar-refractivity contribution is 9.09. The lowest BCUT2D eigenvalue weighted by atomic mass is 9.68. The summed E-state index contributed by atoms with van der Waals surface area (Å²) in [6.45, 7) is 6.94. The van der Waals surface area contributed by atoms with E-state index in [4.69, 9.17) is 16.0 Å². The van der Waals surface area contributed by atoms with Crippen LogP contribution in [-0.4, -0.2) is 4.83 Å². The zero-order chi connectivity index (χ0) is 15.2. The van der Waals surface area contributed by atoms with E-state index in [1.807, 2.05) is 12.1 Å². The molecule has 0 spiro atoms. The standard InChI is InChI=1S/C18H22BrClO/c1-11-7-8-13(14(19)9-11)18(2,3)16-10-12-5-4-6-15(20)17(12)21-16/h4-6,10-11,13-14H,7-9H2,1-3H3. The second-order valence-corrected chi connectivity index (χ2v) is 8.61. The third-order valence-electron chi connectivity index (χ3n) is 5.09. The van der Waals surface area contributed by atoms with Crippen molar-refractivity contribution >= 4 is 38.5 Å². The monoisotopic (exact) mass is 368 g/mol. The number of benzene rings is 1. The molecule has 0 bridgehead atoms. The molecule has 1 aliphatic rings. The predicted molar refractivity (Wildman–Crippen MR) is 93.5 cm³/mol. The molecule has 1 fully saturated rings. The molecule has 1 nitrogen and oxygen atoms in total. The summed E-state index contributed by atoms with van der Waals surface area (Å²) in [5.41, 5.74) is 0.828. The van der Waals surface area contributed by atoms with Gasteiger partial charge in [0.25, 0.3) is 0 Å². The van der Waals surface area contributed by atoms with Gasteiger partial charge in [0, 0.05) is 15.6 Å². The average molecular weight is 370 g/mol. The molecule has 21 heavy (non-hydrogen) atoms. The van der Waals surface area contributed by atoms with Gasteiger partial charge in [-0.25, -0.2) is 0 Å². The smallest absolute Gasteiger partial charge is 0.152 e. The maximum atomic E-state index is 6.25. The summed E-state index contributed by atoms with van der Waals surface area (Å²) in [6, 6.07) is 8.10. The van der Waals surface area contributed by atoms with E-state index in [1.54, 1.807) is 0 Å². The highest BCUT2D eigenvalue weighted by Gasteiger charge is 2.41. The van der Waals surface area contributed by atoms with Crippen LogP contribution in [0.15, 0.2) is 28.7 Å². The van der Waals surface area contributed by atoms with Gasteiger partial charge < -0.3 is 4.42 Å². The van der Waals surface area contributed by atoms with Crippen molar-refractivity contribution in [1.82, 2.24) is 0 Å². The summed E-state index contributed by atoms with van der Waals surface area (Å²) in [5, 5.41) is 1.79. The van der Waals surface area contributed by atoms with E-state index in [0.717, 1.165) is 22.6 Å². The molecule has 3 rings (SSSR count). The molecule has 0 N–H and O–H groups in total. The Morgan fingerprint density at radius 1 is 1.29 bits per heavy atom. The molecule has 2 aromatic rings. The second-order valence-electron chi connectivity index (χ2n) is 7.03. The van der Waals surface area contributed by atoms with Gasteiger partial charge in [0.15, 0.2) is 5.58 Å². The Labute approximate surface area is 140 Å². The average Bonchev–Trinajstić information content (AvgIpc) is 2.84. The van der Waals surface area contributed by atoms with E-state index in [2.05, 4.69) is 48.8 Å². The molecule has 1 heterocycles. The van der Waals surface area contributed by atoms with Crippen LogP contribution in [0, 0.1) is 11.8 Å². The summed E-state index contributed by atoms with van der Waals surface area (Å²) in [5.74, 6) is 2.45. The van der Waals surface area contributed by atoms with Crippen molar-refractivity contribution in [3.63, 3.8) is 0 Å². The van der Waals surface area contributed by atoms with Crippen molar-refractivity contribution in [3.8, 4) is 0 Å². The number of halogens is 2. The van der Waals surface area contributed by atoms with Crippen molar-refractivity contribution in [2.75, 3.05) is 0 Å². The fourth-order valence-corrected chi connectivity index (χ4v) is 5.44. The molecule has 1 saturated carbocycles. The van der Waals surface area contributed by atoms with Crippen LogP contribution in [0.3, 0.4) is 0 Å².